The standard InChI is InChI=1S/C19H22N2O5S2/c1-13-5-7-14(8-6-13)28(22,23)20-19-21(11-12-24-2)17-15(25-3)9-10-16(26-4)18(17)27-19/h5-10H,11-12H2,1-4H3/b20-19-. The number of nitrogens with zero attached hydrogens (tertiary/aromatic N) is 2. The zero-order chi connectivity index (χ0) is 20.3. The van der Waals surface area contributed by atoms with Crippen molar-refractivity contribution in [3.8, 4) is 11.5 Å². The molecule has 0 aliphatic heterocycles. The molecule has 3 aromatic rings. The molecule has 0 radical (unpaired) electrons. The van der Waals surface area contributed by atoms with Crippen LogP contribution in [0.5, 0.6) is 11.5 Å². The predicted molar refractivity (Wildman–Crippen MR) is 109 cm³/mol. The Morgan fingerprint density at radius 1 is 1.00 bits per heavy atom. The summed E-state index contributed by atoms with van der Waals surface area (Å²) in [7, 11) is 0.856. The molecular formula is C19H22N2O5S2. The predicted octanol–water partition coefficient (Wildman–Crippen LogP) is 2.96. The molecule has 0 amide bonds. The number of hydrogen-bond donors (Lipinski definition) is 0. The van der Waals surface area contributed by atoms with Gasteiger partial charge in [0.1, 0.15) is 21.7 Å². The molecule has 9 heteroatoms. The molecule has 3 rings (SSSR count). The van der Waals surface area contributed by atoms with Crippen molar-refractivity contribution in [2.45, 2.75) is 18.4 Å². The van der Waals surface area contributed by atoms with Crippen molar-refractivity contribution in [1.82, 2.24) is 4.57 Å². The molecule has 0 aliphatic carbocycles. The number of sulfonamides is 1. The molecule has 150 valence electrons. The molecule has 1 heterocycles. The molecule has 1 aromatic heterocycles. The molecule has 0 fully saturated rings. The number of hydrogen-bond acceptors (Lipinski definition) is 6. The monoisotopic (exact) mass is 422 g/mol. The highest BCUT2D eigenvalue weighted by Gasteiger charge is 2.19. The molecule has 28 heavy (non-hydrogen) atoms. The Bertz CT molecular complexity index is 1150. The first-order valence-electron chi connectivity index (χ1n) is 8.52. The van der Waals surface area contributed by atoms with E-state index in [0.29, 0.717) is 29.5 Å². The van der Waals surface area contributed by atoms with Crippen LogP contribution in [-0.2, 0) is 21.3 Å². The van der Waals surface area contributed by atoms with Gasteiger partial charge in [-0.3, -0.25) is 0 Å². The molecule has 0 unspecified atom stereocenters. The van der Waals surface area contributed by atoms with E-state index < -0.39 is 10.0 Å². The van der Waals surface area contributed by atoms with Gasteiger partial charge in [0.05, 0.1) is 25.7 Å². The maximum Gasteiger partial charge on any atom is 0.285 e. The number of rotatable bonds is 7. The van der Waals surface area contributed by atoms with Crippen molar-refractivity contribution in [3.05, 3.63) is 46.8 Å². The number of benzene rings is 2. The Hall–Kier alpha value is -2.36. The van der Waals surface area contributed by atoms with Crippen LogP contribution in [0.1, 0.15) is 5.56 Å². The SMILES string of the molecule is COCCn1/c(=N/S(=O)(=O)c2ccc(C)cc2)sc2c(OC)ccc(OC)c21. The van der Waals surface area contributed by atoms with Gasteiger partial charge in [-0.2, -0.15) is 8.42 Å². The van der Waals surface area contributed by atoms with Gasteiger partial charge < -0.3 is 18.8 Å². The Morgan fingerprint density at radius 2 is 1.64 bits per heavy atom. The van der Waals surface area contributed by atoms with Crippen LogP contribution in [0.4, 0.5) is 0 Å². The fourth-order valence-electron chi connectivity index (χ4n) is 2.78. The third kappa shape index (κ3) is 3.91. The van der Waals surface area contributed by atoms with Gasteiger partial charge in [-0.1, -0.05) is 29.0 Å². The maximum absolute atomic E-state index is 12.9. The molecule has 0 aliphatic rings. The second kappa shape index (κ2) is 8.34. The van der Waals surface area contributed by atoms with Gasteiger partial charge in [-0.05, 0) is 31.2 Å². The zero-order valence-corrected chi connectivity index (χ0v) is 17.8. The van der Waals surface area contributed by atoms with E-state index in [1.165, 1.54) is 11.3 Å². The minimum absolute atomic E-state index is 0.146. The van der Waals surface area contributed by atoms with E-state index in [1.54, 1.807) is 62.3 Å². The second-order valence-electron chi connectivity index (χ2n) is 6.06. The van der Waals surface area contributed by atoms with Crippen molar-refractivity contribution < 1.29 is 22.6 Å². The summed E-state index contributed by atoms with van der Waals surface area (Å²) in [4.78, 5) is 0.475. The van der Waals surface area contributed by atoms with Crippen LogP contribution in [-0.4, -0.2) is 40.9 Å². The first-order valence-corrected chi connectivity index (χ1v) is 10.8. The molecule has 7 nitrogen and oxygen atoms in total. The van der Waals surface area contributed by atoms with Crippen LogP contribution in [0.3, 0.4) is 0 Å². The largest absolute Gasteiger partial charge is 0.495 e. The van der Waals surface area contributed by atoms with E-state index in [0.717, 1.165) is 15.8 Å². The number of ether oxygens (including phenoxy) is 3. The van der Waals surface area contributed by atoms with Crippen molar-refractivity contribution in [3.63, 3.8) is 0 Å². The van der Waals surface area contributed by atoms with E-state index >= 15 is 0 Å². The summed E-state index contributed by atoms with van der Waals surface area (Å²) in [5.41, 5.74) is 1.70. The summed E-state index contributed by atoms with van der Waals surface area (Å²) in [6.07, 6.45) is 0. The average Bonchev–Trinajstić information content (AvgIpc) is 3.03. The number of aryl methyl sites for hydroxylation is 1. The van der Waals surface area contributed by atoms with Gasteiger partial charge in [0, 0.05) is 13.7 Å². The topological polar surface area (TPSA) is 79.1 Å². The Kier molecular flexibility index (Phi) is 6.07. The first-order chi connectivity index (χ1) is 13.4. The lowest BCUT2D eigenvalue weighted by Gasteiger charge is -2.10. The van der Waals surface area contributed by atoms with E-state index in [2.05, 4.69) is 4.40 Å². The molecule has 0 bridgehead atoms. The van der Waals surface area contributed by atoms with Crippen LogP contribution in [0.25, 0.3) is 10.2 Å². The van der Waals surface area contributed by atoms with E-state index in [9.17, 15) is 8.42 Å². The molecule has 0 saturated heterocycles. The summed E-state index contributed by atoms with van der Waals surface area (Å²) in [6, 6.07) is 10.2. The van der Waals surface area contributed by atoms with Crippen LogP contribution in [0.15, 0.2) is 45.7 Å². The molecule has 0 N–H and O–H groups in total. The zero-order valence-electron chi connectivity index (χ0n) is 16.1. The maximum atomic E-state index is 12.9. The lowest BCUT2D eigenvalue weighted by atomic mass is 10.2. The average molecular weight is 423 g/mol. The highest BCUT2D eigenvalue weighted by molar-refractivity contribution is 7.90. The van der Waals surface area contributed by atoms with Gasteiger partial charge in [0.25, 0.3) is 10.0 Å². The van der Waals surface area contributed by atoms with E-state index in [-0.39, 0.29) is 4.90 Å². The van der Waals surface area contributed by atoms with Gasteiger partial charge in [0.15, 0.2) is 0 Å². The summed E-state index contributed by atoms with van der Waals surface area (Å²) >= 11 is 1.24. The highest BCUT2D eigenvalue weighted by atomic mass is 32.2. The number of thiazole rings is 1. The fraction of sp³-hybridized carbons (Fsp3) is 0.316. The first kappa shape index (κ1) is 20.4. The summed E-state index contributed by atoms with van der Waals surface area (Å²) in [5, 5.41) is 0. The lowest BCUT2D eigenvalue weighted by molar-refractivity contribution is 0.187. The smallest absolute Gasteiger partial charge is 0.285 e. The Labute approximate surface area is 167 Å². The summed E-state index contributed by atoms with van der Waals surface area (Å²) < 4.78 is 48.5. The van der Waals surface area contributed by atoms with Crippen molar-refractivity contribution in [2.75, 3.05) is 27.9 Å². The minimum Gasteiger partial charge on any atom is -0.495 e. The molecular weight excluding hydrogens is 400 g/mol. The van der Waals surface area contributed by atoms with Crippen LogP contribution in [0, 0.1) is 6.92 Å². The van der Waals surface area contributed by atoms with Gasteiger partial charge in [-0.15, -0.1) is 4.40 Å². The third-order valence-corrected chi connectivity index (χ3v) is 6.72. The van der Waals surface area contributed by atoms with Crippen molar-refractivity contribution in [1.29, 1.82) is 0 Å². The van der Waals surface area contributed by atoms with Crippen molar-refractivity contribution in [2.24, 2.45) is 4.40 Å². The minimum atomic E-state index is -3.87. The van der Waals surface area contributed by atoms with Crippen molar-refractivity contribution >= 4 is 31.6 Å². The van der Waals surface area contributed by atoms with E-state index in [4.69, 9.17) is 14.2 Å². The lowest BCUT2D eigenvalue weighted by Crippen LogP contribution is -2.19. The fourth-order valence-corrected chi connectivity index (χ4v) is 5.15. The van der Waals surface area contributed by atoms with Crippen LogP contribution < -0.4 is 14.3 Å². The highest BCUT2D eigenvalue weighted by Crippen LogP contribution is 2.35. The molecule has 2 aromatic carbocycles. The Balaban J connectivity index is 2.30. The van der Waals surface area contributed by atoms with Crippen LogP contribution >= 0.6 is 11.3 Å². The van der Waals surface area contributed by atoms with Gasteiger partial charge >= 0.3 is 0 Å². The van der Waals surface area contributed by atoms with Gasteiger partial charge in [-0.25, -0.2) is 0 Å². The summed E-state index contributed by atoms with van der Waals surface area (Å²) in [5.74, 6) is 1.23. The Morgan fingerprint density at radius 3 is 2.25 bits per heavy atom. The quantitative estimate of drug-likeness (QED) is 0.585. The number of fused-ring (bicyclic) bond motifs is 1. The van der Waals surface area contributed by atoms with Gasteiger partial charge in [0.2, 0.25) is 4.80 Å². The molecule has 0 atom stereocenters. The number of aromatic nitrogens is 1. The van der Waals surface area contributed by atoms with E-state index in [1.807, 2.05) is 6.92 Å². The number of methoxy groups -OCH3 is 3. The van der Waals surface area contributed by atoms with Crippen LogP contribution in [0.2, 0.25) is 0 Å². The molecule has 0 spiro atoms. The third-order valence-electron chi connectivity index (χ3n) is 4.23. The summed E-state index contributed by atoms with van der Waals surface area (Å²) in [6.45, 7) is 2.71. The normalized spacial score (nSPS) is 12.5. The second-order valence-corrected chi connectivity index (χ2v) is 8.64. The molecule has 0 saturated carbocycles.